The van der Waals surface area contributed by atoms with Crippen LogP contribution in [0.5, 0.6) is 0 Å². The number of likely N-dealkylation sites (tertiary alicyclic amines) is 1. The molecule has 8 nitrogen and oxygen atoms in total. The highest BCUT2D eigenvalue weighted by Crippen LogP contribution is 2.26. The number of rotatable bonds is 4. The fraction of sp³-hybridized carbons (Fsp3) is 0.364. The van der Waals surface area contributed by atoms with Gasteiger partial charge in [0.05, 0.1) is 11.5 Å². The summed E-state index contributed by atoms with van der Waals surface area (Å²) in [6, 6.07) is 6.87. The molecule has 2 aliphatic rings. The lowest BCUT2D eigenvalue weighted by atomic mass is 10.1. The SMILES string of the molecule is Cn1cc(C(=O)N2CCCC2)cc(NC(=O)[C@@H]2CC(=O)N(c3ccc(F)cc3)C2)c1=O. The summed E-state index contributed by atoms with van der Waals surface area (Å²) in [5, 5.41) is 2.60. The van der Waals surface area contributed by atoms with E-state index in [-0.39, 0.29) is 30.5 Å². The van der Waals surface area contributed by atoms with Gasteiger partial charge < -0.3 is 19.7 Å². The van der Waals surface area contributed by atoms with Crippen molar-refractivity contribution in [1.82, 2.24) is 9.47 Å². The minimum Gasteiger partial charge on any atom is -0.339 e. The zero-order chi connectivity index (χ0) is 22.1. The van der Waals surface area contributed by atoms with Crippen molar-refractivity contribution < 1.29 is 18.8 Å². The van der Waals surface area contributed by atoms with Crippen molar-refractivity contribution in [3.63, 3.8) is 0 Å². The van der Waals surface area contributed by atoms with Gasteiger partial charge in [-0.15, -0.1) is 0 Å². The highest BCUT2D eigenvalue weighted by Gasteiger charge is 2.35. The number of hydrogen-bond acceptors (Lipinski definition) is 4. The van der Waals surface area contributed by atoms with Gasteiger partial charge in [0, 0.05) is 45.0 Å². The molecule has 3 amide bonds. The molecule has 1 aromatic heterocycles. The van der Waals surface area contributed by atoms with Crippen LogP contribution in [0.1, 0.15) is 29.6 Å². The van der Waals surface area contributed by atoms with Crippen molar-refractivity contribution in [2.45, 2.75) is 19.3 Å². The van der Waals surface area contributed by atoms with Crippen LogP contribution in [-0.2, 0) is 16.6 Å². The van der Waals surface area contributed by atoms with E-state index in [0.29, 0.717) is 24.3 Å². The van der Waals surface area contributed by atoms with Crippen molar-refractivity contribution in [3.05, 3.63) is 58.3 Å². The number of carbonyl (C=O) groups is 3. The third-order valence-electron chi connectivity index (χ3n) is 5.72. The highest BCUT2D eigenvalue weighted by atomic mass is 19.1. The van der Waals surface area contributed by atoms with Gasteiger partial charge in [0.2, 0.25) is 11.8 Å². The Morgan fingerprint density at radius 2 is 1.77 bits per heavy atom. The van der Waals surface area contributed by atoms with E-state index in [1.807, 2.05) is 0 Å². The van der Waals surface area contributed by atoms with Crippen LogP contribution in [0.4, 0.5) is 15.8 Å². The molecule has 0 saturated carbocycles. The van der Waals surface area contributed by atoms with Crippen LogP contribution < -0.4 is 15.8 Å². The second kappa shape index (κ2) is 8.33. The predicted octanol–water partition coefficient (Wildman–Crippen LogP) is 1.75. The predicted molar refractivity (Wildman–Crippen MR) is 112 cm³/mol. The lowest BCUT2D eigenvalue weighted by Gasteiger charge is -2.18. The molecule has 2 aromatic rings. The third kappa shape index (κ3) is 4.21. The number of carbonyl (C=O) groups excluding carboxylic acids is 3. The Hall–Kier alpha value is -3.49. The number of hydrogen-bond donors (Lipinski definition) is 1. The summed E-state index contributed by atoms with van der Waals surface area (Å²) in [6.07, 6.45) is 3.34. The molecule has 0 bridgehead atoms. The first-order valence-electron chi connectivity index (χ1n) is 10.2. The van der Waals surface area contributed by atoms with Gasteiger partial charge in [0.1, 0.15) is 11.5 Å². The van der Waals surface area contributed by atoms with Gasteiger partial charge in [-0.25, -0.2) is 4.39 Å². The average molecular weight is 426 g/mol. The lowest BCUT2D eigenvalue weighted by Crippen LogP contribution is -2.32. The van der Waals surface area contributed by atoms with E-state index in [9.17, 15) is 23.6 Å². The summed E-state index contributed by atoms with van der Waals surface area (Å²) in [7, 11) is 1.52. The van der Waals surface area contributed by atoms with Crippen molar-refractivity contribution in [1.29, 1.82) is 0 Å². The maximum absolute atomic E-state index is 13.2. The first kappa shape index (κ1) is 20.8. The van der Waals surface area contributed by atoms with E-state index < -0.39 is 23.2 Å². The molecule has 0 radical (unpaired) electrons. The van der Waals surface area contributed by atoms with Gasteiger partial charge in [-0.3, -0.25) is 19.2 Å². The number of aryl methyl sites for hydroxylation is 1. The molecule has 1 N–H and O–H groups in total. The summed E-state index contributed by atoms with van der Waals surface area (Å²) in [5.41, 5.74) is 0.404. The van der Waals surface area contributed by atoms with Crippen molar-refractivity contribution in [3.8, 4) is 0 Å². The number of halogens is 1. The van der Waals surface area contributed by atoms with Crippen molar-refractivity contribution in [2.75, 3.05) is 29.9 Å². The largest absolute Gasteiger partial charge is 0.339 e. The van der Waals surface area contributed by atoms with Crippen LogP contribution in [0.15, 0.2) is 41.3 Å². The van der Waals surface area contributed by atoms with E-state index in [0.717, 1.165) is 12.8 Å². The van der Waals surface area contributed by atoms with E-state index in [1.165, 1.54) is 53.0 Å². The summed E-state index contributed by atoms with van der Waals surface area (Å²) < 4.78 is 14.4. The molecular formula is C22H23FN4O4. The molecule has 2 saturated heterocycles. The van der Waals surface area contributed by atoms with E-state index in [1.54, 1.807) is 4.90 Å². The molecule has 31 heavy (non-hydrogen) atoms. The Morgan fingerprint density at radius 1 is 1.10 bits per heavy atom. The Kier molecular flexibility index (Phi) is 5.58. The third-order valence-corrected chi connectivity index (χ3v) is 5.72. The second-order valence-electron chi connectivity index (χ2n) is 7.93. The minimum absolute atomic E-state index is 0.00484. The summed E-state index contributed by atoms with van der Waals surface area (Å²) in [6.45, 7) is 1.47. The van der Waals surface area contributed by atoms with Gasteiger partial charge >= 0.3 is 0 Å². The van der Waals surface area contributed by atoms with Gasteiger partial charge in [-0.2, -0.15) is 0 Å². The molecule has 2 aliphatic heterocycles. The molecule has 4 rings (SSSR count). The number of nitrogens with zero attached hydrogens (tertiary/aromatic N) is 3. The quantitative estimate of drug-likeness (QED) is 0.806. The number of pyridine rings is 1. The summed E-state index contributed by atoms with van der Waals surface area (Å²) in [4.78, 5) is 53.5. The zero-order valence-corrected chi connectivity index (χ0v) is 17.1. The van der Waals surface area contributed by atoms with Gasteiger partial charge in [0.15, 0.2) is 0 Å². The second-order valence-corrected chi connectivity index (χ2v) is 7.93. The molecule has 0 aliphatic carbocycles. The number of anilines is 2. The Morgan fingerprint density at radius 3 is 2.45 bits per heavy atom. The summed E-state index contributed by atoms with van der Waals surface area (Å²) >= 11 is 0. The Bertz CT molecular complexity index is 1090. The van der Waals surface area contributed by atoms with Crippen LogP contribution >= 0.6 is 0 Å². The standard InChI is InChI=1S/C22H23FN4O4/c1-25-12-15(21(30)26-8-2-3-9-26)10-18(22(25)31)24-20(29)14-11-19(28)27(13-14)17-6-4-16(23)5-7-17/h4-7,10,12,14H,2-3,8-9,11,13H2,1H3,(H,24,29)/t14-/m1/s1. The average Bonchev–Trinajstić information content (AvgIpc) is 3.41. The molecule has 1 aromatic carbocycles. The highest BCUT2D eigenvalue weighted by molar-refractivity contribution is 6.04. The van der Waals surface area contributed by atoms with E-state index in [2.05, 4.69) is 5.32 Å². The monoisotopic (exact) mass is 426 g/mol. The van der Waals surface area contributed by atoms with Gasteiger partial charge in [-0.05, 0) is 43.2 Å². The first-order valence-corrected chi connectivity index (χ1v) is 10.2. The smallest absolute Gasteiger partial charge is 0.274 e. The van der Waals surface area contributed by atoms with Crippen LogP contribution in [-0.4, -0.2) is 46.8 Å². The fourth-order valence-corrected chi connectivity index (χ4v) is 4.01. The Labute approximate surface area is 178 Å². The fourth-order valence-electron chi connectivity index (χ4n) is 4.01. The van der Waals surface area contributed by atoms with Crippen molar-refractivity contribution >= 4 is 29.1 Å². The zero-order valence-electron chi connectivity index (χ0n) is 17.1. The maximum Gasteiger partial charge on any atom is 0.274 e. The van der Waals surface area contributed by atoms with Crippen molar-refractivity contribution in [2.24, 2.45) is 13.0 Å². The van der Waals surface area contributed by atoms with Crippen LogP contribution in [0.25, 0.3) is 0 Å². The topological polar surface area (TPSA) is 91.7 Å². The molecule has 3 heterocycles. The Balaban J connectivity index is 1.50. The number of amides is 3. The molecule has 2 fully saturated rings. The number of aromatic nitrogens is 1. The molecule has 0 unspecified atom stereocenters. The molecule has 0 spiro atoms. The van der Waals surface area contributed by atoms with E-state index in [4.69, 9.17) is 0 Å². The molecule has 1 atom stereocenters. The van der Waals surface area contributed by atoms with Gasteiger partial charge in [0.25, 0.3) is 11.5 Å². The number of benzene rings is 1. The normalized spacial score (nSPS) is 18.5. The van der Waals surface area contributed by atoms with Crippen LogP contribution in [0, 0.1) is 11.7 Å². The minimum atomic E-state index is -0.666. The van der Waals surface area contributed by atoms with Crippen LogP contribution in [0.2, 0.25) is 0 Å². The summed E-state index contributed by atoms with van der Waals surface area (Å²) in [5.74, 6) is -1.98. The van der Waals surface area contributed by atoms with Crippen LogP contribution in [0.3, 0.4) is 0 Å². The first-order chi connectivity index (χ1) is 14.8. The molecule has 162 valence electrons. The molecular weight excluding hydrogens is 403 g/mol. The van der Waals surface area contributed by atoms with Gasteiger partial charge in [-0.1, -0.05) is 0 Å². The van der Waals surface area contributed by atoms with E-state index >= 15 is 0 Å². The lowest BCUT2D eigenvalue weighted by molar-refractivity contribution is -0.122. The molecule has 9 heteroatoms. The number of nitrogens with one attached hydrogen (secondary N) is 1. The maximum atomic E-state index is 13.2.